The predicted molar refractivity (Wildman–Crippen MR) is 121 cm³/mol. The third-order valence-electron chi connectivity index (χ3n) is 5.24. The standard InChI is InChI=1S/C25H24N2O6/c1-14(2)32-19-11-7-17(8-12-19)23(28)21-22(16-5-9-18(31-4)10-6-16)27(25(30)24(21)29)20-13-15(3)33-26-20/h5-14,22,28H,1-4H3. The minimum Gasteiger partial charge on any atom is -0.507 e. The van der Waals surface area contributed by atoms with Crippen molar-refractivity contribution < 1.29 is 28.7 Å². The number of carbonyl (C=O) groups is 2. The third-order valence-corrected chi connectivity index (χ3v) is 5.24. The SMILES string of the molecule is COc1ccc(C2C(=C(O)c3ccc(OC(C)C)cc3)C(=O)C(=O)N2c2cc(C)on2)cc1. The van der Waals surface area contributed by atoms with E-state index in [9.17, 15) is 14.7 Å². The Bertz CT molecular complexity index is 1210. The summed E-state index contributed by atoms with van der Waals surface area (Å²) >= 11 is 0. The average molecular weight is 448 g/mol. The Morgan fingerprint density at radius 2 is 1.70 bits per heavy atom. The maximum Gasteiger partial charge on any atom is 0.301 e. The molecule has 1 aliphatic heterocycles. The summed E-state index contributed by atoms with van der Waals surface area (Å²) in [6, 6.07) is 14.3. The number of carbonyl (C=O) groups excluding carboxylic acids is 2. The highest BCUT2D eigenvalue weighted by atomic mass is 16.5. The van der Waals surface area contributed by atoms with E-state index < -0.39 is 17.7 Å². The van der Waals surface area contributed by atoms with Gasteiger partial charge in [-0.2, -0.15) is 0 Å². The Morgan fingerprint density at radius 3 is 2.24 bits per heavy atom. The minimum atomic E-state index is -0.896. The average Bonchev–Trinajstić information content (AvgIpc) is 3.34. The van der Waals surface area contributed by atoms with Crippen LogP contribution in [0.5, 0.6) is 11.5 Å². The summed E-state index contributed by atoms with van der Waals surface area (Å²) < 4.78 is 16.0. The highest BCUT2D eigenvalue weighted by Gasteiger charge is 2.48. The molecular weight excluding hydrogens is 424 g/mol. The van der Waals surface area contributed by atoms with Crippen LogP contribution >= 0.6 is 0 Å². The molecule has 0 radical (unpaired) electrons. The van der Waals surface area contributed by atoms with Crippen molar-refractivity contribution in [1.29, 1.82) is 0 Å². The Labute approximate surface area is 191 Å². The summed E-state index contributed by atoms with van der Waals surface area (Å²) in [6.07, 6.45) is -0.00393. The number of anilines is 1. The van der Waals surface area contributed by atoms with Gasteiger partial charge in [0, 0.05) is 11.6 Å². The molecule has 0 bridgehead atoms. The molecule has 0 saturated carbocycles. The second-order valence-electron chi connectivity index (χ2n) is 7.93. The molecule has 0 aliphatic carbocycles. The molecule has 2 aromatic carbocycles. The summed E-state index contributed by atoms with van der Waals surface area (Å²) in [4.78, 5) is 27.4. The number of aliphatic hydroxyl groups excluding tert-OH is 1. The molecule has 1 amide bonds. The minimum absolute atomic E-state index is 0.00393. The number of hydrogen-bond donors (Lipinski definition) is 1. The van der Waals surface area contributed by atoms with Gasteiger partial charge < -0.3 is 19.1 Å². The van der Waals surface area contributed by atoms with Gasteiger partial charge in [0.1, 0.15) is 23.0 Å². The van der Waals surface area contributed by atoms with E-state index in [1.165, 1.54) is 4.90 Å². The van der Waals surface area contributed by atoms with Crippen LogP contribution in [0.25, 0.3) is 5.76 Å². The van der Waals surface area contributed by atoms with Gasteiger partial charge in [0.25, 0.3) is 5.78 Å². The van der Waals surface area contributed by atoms with Crippen LogP contribution in [0.1, 0.15) is 36.8 Å². The molecule has 1 unspecified atom stereocenters. The fraction of sp³-hybridized carbons (Fsp3) is 0.240. The molecule has 2 heterocycles. The van der Waals surface area contributed by atoms with Gasteiger partial charge in [0.2, 0.25) is 0 Å². The van der Waals surface area contributed by atoms with Crippen molar-refractivity contribution in [3.63, 3.8) is 0 Å². The molecule has 3 aromatic rings. The fourth-order valence-corrected chi connectivity index (χ4v) is 3.76. The Balaban J connectivity index is 1.84. The van der Waals surface area contributed by atoms with E-state index in [1.807, 2.05) is 13.8 Å². The van der Waals surface area contributed by atoms with Crippen LogP contribution in [-0.2, 0) is 9.59 Å². The number of methoxy groups -OCH3 is 1. The lowest BCUT2D eigenvalue weighted by Crippen LogP contribution is -2.29. The number of aliphatic hydroxyl groups is 1. The second kappa shape index (κ2) is 8.82. The maximum atomic E-state index is 13.1. The molecule has 0 spiro atoms. The van der Waals surface area contributed by atoms with Crippen molar-refractivity contribution >= 4 is 23.3 Å². The molecule has 1 atom stereocenters. The normalized spacial score (nSPS) is 17.6. The van der Waals surface area contributed by atoms with Crippen LogP contribution in [-0.4, -0.2) is 35.2 Å². The van der Waals surface area contributed by atoms with Crippen molar-refractivity contribution in [2.24, 2.45) is 0 Å². The summed E-state index contributed by atoms with van der Waals surface area (Å²) in [5.74, 6) is 0.0339. The van der Waals surface area contributed by atoms with Crippen LogP contribution in [0.15, 0.2) is 64.7 Å². The number of amides is 1. The molecule has 4 rings (SSSR count). The summed E-state index contributed by atoms with van der Waals surface area (Å²) in [5.41, 5.74) is 0.958. The Hall–Kier alpha value is -4.07. The number of aromatic nitrogens is 1. The summed E-state index contributed by atoms with van der Waals surface area (Å²) in [7, 11) is 1.55. The van der Waals surface area contributed by atoms with Gasteiger partial charge in [-0.25, -0.2) is 0 Å². The molecule has 1 aromatic heterocycles. The maximum absolute atomic E-state index is 13.1. The first kappa shape index (κ1) is 22.1. The first-order valence-corrected chi connectivity index (χ1v) is 10.5. The second-order valence-corrected chi connectivity index (χ2v) is 7.93. The predicted octanol–water partition coefficient (Wildman–Crippen LogP) is 4.41. The molecular formula is C25H24N2O6. The van der Waals surface area contributed by atoms with Crippen LogP contribution < -0.4 is 14.4 Å². The number of hydrogen-bond acceptors (Lipinski definition) is 7. The zero-order valence-corrected chi connectivity index (χ0v) is 18.7. The zero-order valence-electron chi connectivity index (χ0n) is 18.7. The molecule has 8 heteroatoms. The number of benzene rings is 2. The molecule has 1 fully saturated rings. The van der Waals surface area contributed by atoms with E-state index in [0.29, 0.717) is 28.4 Å². The van der Waals surface area contributed by atoms with E-state index in [2.05, 4.69) is 5.16 Å². The lowest BCUT2D eigenvalue weighted by Gasteiger charge is -2.23. The van der Waals surface area contributed by atoms with Crippen LogP contribution in [0.3, 0.4) is 0 Å². The van der Waals surface area contributed by atoms with Crippen molar-refractivity contribution in [3.05, 3.63) is 77.1 Å². The van der Waals surface area contributed by atoms with Crippen molar-refractivity contribution in [3.8, 4) is 11.5 Å². The number of rotatable bonds is 6. The number of Topliss-reactive ketones (excluding diaryl/α,β-unsaturated/α-hetero) is 1. The van der Waals surface area contributed by atoms with Gasteiger partial charge >= 0.3 is 5.91 Å². The van der Waals surface area contributed by atoms with E-state index in [0.717, 1.165) is 0 Å². The van der Waals surface area contributed by atoms with Gasteiger partial charge in [-0.15, -0.1) is 0 Å². The number of aryl methyl sites for hydroxylation is 1. The largest absolute Gasteiger partial charge is 0.507 e. The number of ketones is 1. The molecule has 8 nitrogen and oxygen atoms in total. The van der Waals surface area contributed by atoms with E-state index >= 15 is 0 Å². The first-order chi connectivity index (χ1) is 15.8. The van der Waals surface area contributed by atoms with Crippen molar-refractivity contribution in [2.75, 3.05) is 12.0 Å². The summed E-state index contributed by atoms with van der Waals surface area (Å²) in [6.45, 7) is 5.52. The van der Waals surface area contributed by atoms with Crippen LogP contribution in [0.4, 0.5) is 5.82 Å². The fourth-order valence-electron chi connectivity index (χ4n) is 3.76. The Morgan fingerprint density at radius 1 is 1.06 bits per heavy atom. The third kappa shape index (κ3) is 4.19. The highest BCUT2D eigenvalue weighted by Crippen LogP contribution is 2.42. The van der Waals surface area contributed by atoms with E-state index in [4.69, 9.17) is 14.0 Å². The lowest BCUT2D eigenvalue weighted by atomic mass is 9.95. The first-order valence-electron chi connectivity index (χ1n) is 10.5. The molecule has 1 N–H and O–H groups in total. The smallest absolute Gasteiger partial charge is 0.301 e. The van der Waals surface area contributed by atoms with Gasteiger partial charge in [-0.3, -0.25) is 14.5 Å². The highest BCUT2D eigenvalue weighted by molar-refractivity contribution is 6.51. The monoisotopic (exact) mass is 448 g/mol. The molecule has 170 valence electrons. The van der Waals surface area contributed by atoms with Gasteiger partial charge in [0.15, 0.2) is 5.82 Å². The number of nitrogens with zero attached hydrogens (tertiary/aromatic N) is 2. The van der Waals surface area contributed by atoms with Gasteiger partial charge in [0.05, 0.1) is 24.8 Å². The zero-order chi connectivity index (χ0) is 23.7. The van der Waals surface area contributed by atoms with E-state index in [1.54, 1.807) is 68.6 Å². The van der Waals surface area contributed by atoms with Gasteiger partial charge in [-0.05, 0) is 62.7 Å². The van der Waals surface area contributed by atoms with Gasteiger partial charge in [-0.1, -0.05) is 17.3 Å². The number of ether oxygens (including phenoxy) is 2. The van der Waals surface area contributed by atoms with Crippen LogP contribution in [0.2, 0.25) is 0 Å². The molecule has 1 saturated heterocycles. The summed E-state index contributed by atoms with van der Waals surface area (Å²) in [5, 5.41) is 15.1. The Kier molecular flexibility index (Phi) is 5.91. The van der Waals surface area contributed by atoms with E-state index in [-0.39, 0.29) is 23.3 Å². The topological polar surface area (TPSA) is 102 Å². The molecule has 33 heavy (non-hydrogen) atoms. The van der Waals surface area contributed by atoms with Crippen LogP contribution in [0, 0.1) is 6.92 Å². The van der Waals surface area contributed by atoms with Crippen molar-refractivity contribution in [2.45, 2.75) is 32.9 Å². The quantitative estimate of drug-likeness (QED) is 0.339. The lowest BCUT2D eigenvalue weighted by molar-refractivity contribution is -0.132. The van der Waals surface area contributed by atoms with Crippen molar-refractivity contribution in [1.82, 2.24) is 5.16 Å². The molecule has 1 aliphatic rings.